The lowest BCUT2D eigenvalue weighted by atomic mass is 10.0. The zero-order chi connectivity index (χ0) is 18.9. The summed E-state index contributed by atoms with van der Waals surface area (Å²) in [6, 6.07) is 11.0. The van der Waals surface area contributed by atoms with E-state index in [4.69, 9.17) is 0 Å². The molecule has 0 atom stereocenters. The number of benzene rings is 2. The minimum atomic E-state index is -3.75. The maximum atomic E-state index is 12.6. The van der Waals surface area contributed by atoms with Gasteiger partial charge >= 0.3 is 0 Å². The fourth-order valence-corrected chi connectivity index (χ4v) is 4.10. The molecule has 0 saturated carbocycles. The largest absolute Gasteiger partial charge is 0.312 e. The highest BCUT2D eigenvalue weighted by Gasteiger charge is 2.23. The summed E-state index contributed by atoms with van der Waals surface area (Å²) in [5.41, 5.74) is 2.68. The molecule has 1 N–H and O–H groups in total. The van der Waals surface area contributed by atoms with Gasteiger partial charge in [0.25, 0.3) is 10.0 Å². The van der Waals surface area contributed by atoms with Gasteiger partial charge in [0.2, 0.25) is 5.91 Å². The molecular formula is C19H20N2O4S. The Kier molecular flexibility index (Phi) is 4.82. The van der Waals surface area contributed by atoms with Crippen LogP contribution in [0.1, 0.15) is 36.2 Å². The molecule has 0 aliphatic carbocycles. The van der Waals surface area contributed by atoms with E-state index in [-0.39, 0.29) is 16.6 Å². The normalized spacial score (nSPS) is 14.1. The van der Waals surface area contributed by atoms with Crippen LogP contribution in [0.25, 0.3) is 0 Å². The van der Waals surface area contributed by atoms with Crippen molar-refractivity contribution in [2.45, 2.75) is 31.6 Å². The summed E-state index contributed by atoms with van der Waals surface area (Å²) in [5, 5.41) is 0. The van der Waals surface area contributed by atoms with E-state index in [1.165, 1.54) is 31.2 Å². The molecule has 1 aliphatic heterocycles. The first kappa shape index (κ1) is 18.1. The number of sulfonamides is 1. The third-order valence-electron chi connectivity index (χ3n) is 4.42. The number of carbonyl (C=O) groups is 2. The highest BCUT2D eigenvalue weighted by molar-refractivity contribution is 7.92. The Bertz CT molecular complexity index is 966. The van der Waals surface area contributed by atoms with Gasteiger partial charge in [-0.15, -0.1) is 0 Å². The second kappa shape index (κ2) is 6.92. The lowest BCUT2D eigenvalue weighted by molar-refractivity contribution is -0.118. The van der Waals surface area contributed by atoms with Gasteiger partial charge < -0.3 is 4.90 Å². The summed E-state index contributed by atoms with van der Waals surface area (Å²) in [6.45, 7) is 3.92. The molecule has 7 heteroatoms. The molecule has 0 radical (unpaired) electrons. The third-order valence-corrected chi connectivity index (χ3v) is 5.82. The maximum absolute atomic E-state index is 12.6. The van der Waals surface area contributed by atoms with Gasteiger partial charge in [0.05, 0.1) is 4.90 Å². The van der Waals surface area contributed by atoms with Crippen LogP contribution in [0.3, 0.4) is 0 Å². The van der Waals surface area contributed by atoms with Gasteiger partial charge in [0, 0.05) is 29.9 Å². The van der Waals surface area contributed by atoms with Crippen molar-refractivity contribution in [1.82, 2.24) is 0 Å². The summed E-state index contributed by atoms with van der Waals surface area (Å²) in [4.78, 5) is 25.1. The average Bonchev–Trinajstić information content (AvgIpc) is 2.61. The fourth-order valence-electron chi connectivity index (χ4n) is 3.05. The number of aryl methyl sites for hydroxylation is 1. The van der Waals surface area contributed by atoms with Crippen molar-refractivity contribution in [3.05, 3.63) is 53.6 Å². The van der Waals surface area contributed by atoms with Crippen LogP contribution in [-0.2, 0) is 21.2 Å². The lowest BCUT2D eigenvalue weighted by Crippen LogP contribution is -2.34. The van der Waals surface area contributed by atoms with E-state index in [0.29, 0.717) is 30.6 Å². The Labute approximate surface area is 152 Å². The fraction of sp³-hybridized carbons (Fsp3) is 0.263. The SMILES string of the molecule is CCN1C(=O)CCc2cc(NS(=O)(=O)c3ccc(C(C)=O)cc3)ccc21. The van der Waals surface area contributed by atoms with Crippen molar-refractivity contribution >= 4 is 33.1 Å². The van der Waals surface area contributed by atoms with Gasteiger partial charge in [0.1, 0.15) is 0 Å². The van der Waals surface area contributed by atoms with Crippen LogP contribution in [0.15, 0.2) is 47.4 Å². The van der Waals surface area contributed by atoms with E-state index in [1.54, 1.807) is 23.1 Å². The van der Waals surface area contributed by atoms with Gasteiger partial charge in [-0.05, 0) is 56.2 Å². The Morgan fingerprint density at radius 2 is 1.81 bits per heavy atom. The second-order valence-corrected chi connectivity index (χ2v) is 7.85. The topological polar surface area (TPSA) is 83.6 Å². The molecule has 0 fully saturated rings. The quantitative estimate of drug-likeness (QED) is 0.818. The standard InChI is InChI=1S/C19H20N2O4S/c1-3-21-18-10-7-16(12-15(18)6-11-19(21)23)20-26(24,25)17-8-4-14(5-9-17)13(2)22/h4-5,7-10,12,20H,3,6,11H2,1-2H3. The molecule has 0 aromatic heterocycles. The van der Waals surface area contributed by atoms with Gasteiger partial charge in [-0.2, -0.15) is 0 Å². The molecule has 136 valence electrons. The van der Waals surface area contributed by atoms with Crippen LogP contribution in [0.2, 0.25) is 0 Å². The van der Waals surface area contributed by atoms with E-state index in [9.17, 15) is 18.0 Å². The van der Waals surface area contributed by atoms with Crippen molar-refractivity contribution < 1.29 is 18.0 Å². The number of ketones is 1. The van der Waals surface area contributed by atoms with Crippen LogP contribution in [0.4, 0.5) is 11.4 Å². The zero-order valence-electron chi connectivity index (χ0n) is 14.7. The average molecular weight is 372 g/mol. The summed E-state index contributed by atoms with van der Waals surface area (Å²) < 4.78 is 27.7. The molecule has 1 heterocycles. The van der Waals surface area contributed by atoms with Crippen molar-refractivity contribution in [2.75, 3.05) is 16.2 Å². The number of rotatable bonds is 5. The number of hydrogen-bond acceptors (Lipinski definition) is 4. The minimum Gasteiger partial charge on any atom is -0.312 e. The first-order chi connectivity index (χ1) is 12.3. The minimum absolute atomic E-state index is 0.0823. The zero-order valence-corrected chi connectivity index (χ0v) is 15.5. The number of nitrogens with zero attached hydrogens (tertiary/aromatic N) is 1. The Morgan fingerprint density at radius 1 is 1.12 bits per heavy atom. The predicted octanol–water partition coefficient (Wildman–Crippen LogP) is 2.99. The van der Waals surface area contributed by atoms with Gasteiger partial charge in [-0.25, -0.2) is 8.42 Å². The van der Waals surface area contributed by atoms with Gasteiger partial charge in [-0.3, -0.25) is 14.3 Å². The molecule has 0 spiro atoms. The Hall–Kier alpha value is -2.67. The highest BCUT2D eigenvalue weighted by atomic mass is 32.2. The molecule has 2 aromatic rings. The molecule has 0 bridgehead atoms. The summed E-state index contributed by atoms with van der Waals surface area (Å²) in [6.07, 6.45) is 1.01. The monoisotopic (exact) mass is 372 g/mol. The lowest BCUT2D eigenvalue weighted by Gasteiger charge is -2.28. The van der Waals surface area contributed by atoms with E-state index < -0.39 is 10.0 Å². The molecule has 0 unspecified atom stereocenters. The molecule has 6 nitrogen and oxygen atoms in total. The maximum Gasteiger partial charge on any atom is 0.261 e. The van der Waals surface area contributed by atoms with Crippen molar-refractivity contribution in [3.8, 4) is 0 Å². The van der Waals surface area contributed by atoms with E-state index >= 15 is 0 Å². The Balaban J connectivity index is 1.86. The predicted molar refractivity (Wildman–Crippen MR) is 100 cm³/mol. The number of nitrogens with one attached hydrogen (secondary N) is 1. The van der Waals surface area contributed by atoms with Crippen LogP contribution in [0.5, 0.6) is 0 Å². The number of hydrogen-bond donors (Lipinski definition) is 1. The second-order valence-electron chi connectivity index (χ2n) is 6.17. The number of anilines is 2. The number of amides is 1. The smallest absolute Gasteiger partial charge is 0.261 e. The number of fused-ring (bicyclic) bond motifs is 1. The van der Waals surface area contributed by atoms with Crippen LogP contribution >= 0.6 is 0 Å². The highest BCUT2D eigenvalue weighted by Crippen LogP contribution is 2.31. The third kappa shape index (κ3) is 3.48. The first-order valence-corrected chi connectivity index (χ1v) is 9.87. The first-order valence-electron chi connectivity index (χ1n) is 8.39. The molecular weight excluding hydrogens is 352 g/mol. The molecule has 1 amide bonds. The molecule has 3 rings (SSSR count). The molecule has 0 saturated heterocycles. The van der Waals surface area contributed by atoms with E-state index in [0.717, 1.165) is 11.3 Å². The van der Waals surface area contributed by atoms with Crippen molar-refractivity contribution in [3.63, 3.8) is 0 Å². The summed E-state index contributed by atoms with van der Waals surface area (Å²) in [5.74, 6) is -0.0366. The van der Waals surface area contributed by atoms with Crippen LogP contribution < -0.4 is 9.62 Å². The van der Waals surface area contributed by atoms with E-state index in [2.05, 4.69) is 4.72 Å². The summed E-state index contributed by atoms with van der Waals surface area (Å²) in [7, 11) is -3.75. The van der Waals surface area contributed by atoms with Crippen LogP contribution in [0, 0.1) is 0 Å². The number of carbonyl (C=O) groups excluding carboxylic acids is 2. The Morgan fingerprint density at radius 3 is 2.42 bits per heavy atom. The molecule has 26 heavy (non-hydrogen) atoms. The van der Waals surface area contributed by atoms with Crippen molar-refractivity contribution in [2.24, 2.45) is 0 Å². The summed E-state index contributed by atoms with van der Waals surface area (Å²) >= 11 is 0. The van der Waals surface area contributed by atoms with E-state index in [1.807, 2.05) is 6.92 Å². The molecule has 1 aliphatic rings. The van der Waals surface area contributed by atoms with Gasteiger partial charge in [-0.1, -0.05) is 12.1 Å². The molecule has 2 aromatic carbocycles. The van der Waals surface area contributed by atoms with Gasteiger partial charge in [0.15, 0.2) is 5.78 Å². The number of Topliss-reactive ketones (excluding diaryl/α,β-unsaturated/α-hetero) is 1. The van der Waals surface area contributed by atoms with Crippen LogP contribution in [-0.4, -0.2) is 26.7 Å². The van der Waals surface area contributed by atoms with Crippen molar-refractivity contribution in [1.29, 1.82) is 0 Å².